The van der Waals surface area contributed by atoms with Crippen LogP contribution in [0.15, 0.2) is 24.3 Å². The van der Waals surface area contributed by atoms with Crippen LogP contribution in [0.25, 0.3) is 0 Å². The Morgan fingerprint density at radius 2 is 1.80 bits per heavy atom. The minimum Gasteiger partial charge on any atom is -0.325 e. The van der Waals surface area contributed by atoms with E-state index in [2.05, 4.69) is 0 Å². The first-order chi connectivity index (χ1) is 6.89. The Balaban J connectivity index is 2.10. The number of halogens is 1. The zero-order chi connectivity index (χ0) is 11.1. The molecule has 15 heavy (non-hydrogen) atoms. The Bertz CT molecular complexity index is 344. The fourth-order valence-electron chi connectivity index (χ4n) is 1.76. The highest BCUT2D eigenvalue weighted by atomic mass is 19.1. The number of nitrogens with two attached hydrogens (primary N) is 1. The van der Waals surface area contributed by atoms with Crippen molar-refractivity contribution in [3.05, 3.63) is 35.4 Å². The summed E-state index contributed by atoms with van der Waals surface area (Å²) in [5.41, 5.74) is 6.75. The maximum atomic E-state index is 13.6. The van der Waals surface area contributed by atoms with E-state index in [1.807, 2.05) is 24.3 Å². The first kappa shape index (κ1) is 10.6. The van der Waals surface area contributed by atoms with Crippen molar-refractivity contribution in [2.75, 3.05) is 0 Å². The van der Waals surface area contributed by atoms with E-state index in [0.29, 0.717) is 0 Å². The molecule has 1 fully saturated rings. The normalized spacial score (nSPS) is 18.9. The summed E-state index contributed by atoms with van der Waals surface area (Å²) in [6, 6.07) is 7.70. The van der Waals surface area contributed by atoms with E-state index in [0.717, 1.165) is 24.8 Å². The van der Waals surface area contributed by atoms with E-state index in [1.165, 1.54) is 5.56 Å². The summed E-state index contributed by atoms with van der Waals surface area (Å²) in [5.74, 6) is 0. The zero-order valence-electron chi connectivity index (χ0n) is 9.39. The molecule has 2 N–H and O–H groups in total. The third kappa shape index (κ3) is 2.57. The largest absolute Gasteiger partial charge is 0.325 e. The molecule has 0 spiro atoms. The van der Waals surface area contributed by atoms with Gasteiger partial charge in [0.05, 0.1) is 0 Å². The van der Waals surface area contributed by atoms with Gasteiger partial charge in [0.1, 0.15) is 5.67 Å². The lowest BCUT2D eigenvalue weighted by molar-refractivity contribution is 0.221. The Morgan fingerprint density at radius 3 is 2.20 bits per heavy atom. The molecule has 2 rings (SSSR count). The van der Waals surface area contributed by atoms with Crippen LogP contribution in [0.3, 0.4) is 0 Å². The molecule has 1 aliphatic carbocycles. The molecule has 0 unspecified atom stereocenters. The molecule has 0 aliphatic heterocycles. The fraction of sp³-hybridized carbons (Fsp3) is 0.538. The van der Waals surface area contributed by atoms with Crippen LogP contribution in [-0.4, -0.2) is 5.54 Å². The second-order valence-corrected chi connectivity index (χ2v) is 5.21. The number of rotatable bonds is 3. The van der Waals surface area contributed by atoms with Crippen molar-refractivity contribution >= 4 is 0 Å². The van der Waals surface area contributed by atoms with Crippen molar-refractivity contribution in [2.45, 2.75) is 44.3 Å². The molecule has 1 aliphatic rings. The zero-order valence-corrected chi connectivity index (χ0v) is 9.39. The highest BCUT2D eigenvalue weighted by Crippen LogP contribution is 2.36. The van der Waals surface area contributed by atoms with Crippen LogP contribution in [0, 0.1) is 0 Å². The Kier molecular flexibility index (Phi) is 2.34. The van der Waals surface area contributed by atoms with Gasteiger partial charge in [-0.3, -0.25) is 0 Å². The molecule has 0 heterocycles. The van der Waals surface area contributed by atoms with Crippen LogP contribution in [0.1, 0.15) is 37.8 Å². The summed E-state index contributed by atoms with van der Waals surface area (Å²) in [4.78, 5) is 0. The molecule has 0 saturated heterocycles. The Hall–Kier alpha value is -0.890. The summed E-state index contributed by atoms with van der Waals surface area (Å²) in [6.07, 6.45) is 3.15. The second-order valence-electron chi connectivity index (χ2n) is 5.21. The van der Waals surface area contributed by atoms with E-state index in [4.69, 9.17) is 5.73 Å². The predicted molar refractivity (Wildman–Crippen MR) is 60.4 cm³/mol. The molecule has 0 aromatic heterocycles. The van der Waals surface area contributed by atoms with Gasteiger partial charge < -0.3 is 5.73 Å². The van der Waals surface area contributed by atoms with Crippen molar-refractivity contribution < 1.29 is 4.39 Å². The first-order valence-corrected chi connectivity index (χ1v) is 5.46. The molecule has 1 nitrogen and oxygen atoms in total. The van der Waals surface area contributed by atoms with Crippen LogP contribution >= 0.6 is 0 Å². The van der Waals surface area contributed by atoms with Gasteiger partial charge in [-0.25, -0.2) is 4.39 Å². The summed E-state index contributed by atoms with van der Waals surface area (Å²) in [7, 11) is 0. The molecule has 82 valence electrons. The second kappa shape index (κ2) is 3.31. The maximum Gasteiger partial charge on any atom is 0.130 e. The number of hydrogen-bond acceptors (Lipinski definition) is 1. The van der Waals surface area contributed by atoms with Gasteiger partial charge in [0.2, 0.25) is 0 Å². The molecule has 2 heteroatoms. The van der Waals surface area contributed by atoms with Crippen LogP contribution < -0.4 is 5.73 Å². The van der Waals surface area contributed by atoms with E-state index in [1.54, 1.807) is 13.8 Å². The summed E-state index contributed by atoms with van der Waals surface area (Å²) in [5, 5.41) is 0. The van der Waals surface area contributed by atoms with Gasteiger partial charge in [0, 0.05) is 5.54 Å². The van der Waals surface area contributed by atoms with Gasteiger partial charge in [-0.05, 0) is 44.2 Å². The summed E-state index contributed by atoms with van der Waals surface area (Å²) >= 11 is 0. The number of hydrogen-bond donors (Lipinski definition) is 1. The predicted octanol–water partition coefficient (Wildman–Crippen LogP) is 2.93. The van der Waals surface area contributed by atoms with Gasteiger partial charge in [0.15, 0.2) is 0 Å². The van der Waals surface area contributed by atoms with E-state index >= 15 is 0 Å². The molecule has 0 radical (unpaired) electrons. The molecular weight excluding hydrogens is 189 g/mol. The van der Waals surface area contributed by atoms with Gasteiger partial charge in [-0.15, -0.1) is 0 Å². The average Bonchev–Trinajstić information content (AvgIpc) is 2.82. The average molecular weight is 207 g/mol. The van der Waals surface area contributed by atoms with Crippen molar-refractivity contribution in [3.8, 4) is 0 Å². The topological polar surface area (TPSA) is 26.0 Å². The Labute approximate surface area is 90.5 Å². The van der Waals surface area contributed by atoms with E-state index in [-0.39, 0.29) is 5.54 Å². The molecule has 1 saturated carbocycles. The standard InChI is InChI=1S/C13H18FN/c1-12(2,14)11-5-3-10(4-6-11)9-13(15)7-8-13/h3-6H,7-9,15H2,1-2H3. The smallest absolute Gasteiger partial charge is 0.130 e. The van der Waals surface area contributed by atoms with Crippen molar-refractivity contribution in [1.29, 1.82) is 0 Å². The molecular formula is C13H18FN. The van der Waals surface area contributed by atoms with Gasteiger partial charge in [-0.1, -0.05) is 24.3 Å². The lowest BCUT2D eigenvalue weighted by Gasteiger charge is -2.15. The molecule has 1 aromatic rings. The van der Waals surface area contributed by atoms with Crippen molar-refractivity contribution in [2.24, 2.45) is 5.73 Å². The monoisotopic (exact) mass is 207 g/mol. The molecule has 0 amide bonds. The summed E-state index contributed by atoms with van der Waals surface area (Å²) < 4.78 is 13.6. The van der Waals surface area contributed by atoms with Gasteiger partial charge in [0.25, 0.3) is 0 Å². The van der Waals surface area contributed by atoms with Gasteiger partial charge in [-0.2, -0.15) is 0 Å². The van der Waals surface area contributed by atoms with E-state index < -0.39 is 5.67 Å². The lowest BCUT2D eigenvalue weighted by atomic mass is 9.97. The number of alkyl halides is 1. The highest BCUT2D eigenvalue weighted by Gasteiger charge is 2.37. The Morgan fingerprint density at radius 1 is 1.27 bits per heavy atom. The first-order valence-electron chi connectivity index (χ1n) is 5.46. The summed E-state index contributed by atoms with van der Waals surface area (Å²) in [6.45, 7) is 3.15. The quantitative estimate of drug-likeness (QED) is 0.810. The van der Waals surface area contributed by atoms with Crippen molar-refractivity contribution in [3.63, 3.8) is 0 Å². The third-order valence-electron chi connectivity index (χ3n) is 3.09. The van der Waals surface area contributed by atoms with Crippen LogP contribution in [-0.2, 0) is 12.1 Å². The lowest BCUT2D eigenvalue weighted by Crippen LogP contribution is -2.24. The maximum absolute atomic E-state index is 13.6. The van der Waals surface area contributed by atoms with Crippen molar-refractivity contribution in [1.82, 2.24) is 0 Å². The van der Waals surface area contributed by atoms with Crippen LogP contribution in [0.5, 0.6) is 0 Å². The van der Waals surface area contributed by atoms with Gasteiger partial charge >= 0.3 is 0 Å². The molecule has 0 atom stereocenters. The fourth-order valence-corrected chi connectivity index (χ4v) is 1.76. The highest BCUT2D eigenvalue weighted by molar-refractivity contribution is 5.28. The molecule has 0 bridgehead atoms. The molecule has 1 aromatic carbocycles. The minimum atomic E-state index is -1.25. The SMILES string of the molecule is CC(C)(F)c1ccc(CC2(N)CC2)cc1. The minimum absolute atomic E-state index is 0.0345. The third-order valence-corrected chi connectivity index (χ3v) is 3.09. The number of benzene rings is 1. The van der Waals surface area contributed by atoms with Crippen LogP contribution in [0.4, 0.5) is 4.39 Å². The van der Waals surface area contributed by atoms with Crippen LogP contribution in [0.2, 0.25) is 0 Å². The van der Waals surface area contributed by atoms with E-state index in [9.17, 15) is 4.39 Å².